The molecular formula is C18H24N6O2. The van der Waals surface area contributed by atoms with Crippen LogP contribution in [0.15, 0.2) is 30.6 Å². The maximum atomic E-state index is 12.5. The van der Waals surface area contributed by atoms with E-state index in [-0.39, 0.29) is 23.3 Å². The zero-order valence-electron chi connectivity index (χ0n) is 15.4. The Morgan fingerprint density at radius 1 is 1.31 bits per heavy atom. The fourth-order valence-electron chi connectivity index (χ4n) is 2.73. The van der Waals surface area contributed by atoms with Gasteiger partial charge in [-0.2, -0.15) is 5.10 Å². The van der Waals surface area contributed by atoms with Crippen LogP contribution in [0, 0.1) is 0 Å². The number of anilines is 1. The lowest BCUT2D eigenvalue weighted by Crippen LogP contribution is -2.52. The summed E-state index contributed by atoms with van der Waals surface area (Å²) in [4.78, 5) is 28.4. The number of aromatic nitrogens is 3. The number of carbonyl (C=O) groups is 2. The van der Waals surface area contributed by atoms with Crippen molar-refractivity contribution in [3.8, 4) is 0 Å². The molecule has 3 rings (SSSR count). The van der Waals surface area contributed by atoms with Crippen LogP contribution in [0.3, 0.4) is 0 Å². The van der Waals surface area contributed by atoms with Crippen molar-refractivity contribution in [3.05, 3.63) is 41.9 Å². The van der Waals surface area contributed by atoms with E-state index in [4.69, 9.17) is 0 Å². The van der Waals surface area contributed by atoms with Crippen LogP contribution in [-0.4, -0.2) is 32.6 Å². The SMILES string of the molecule is CC1CC(=O)NC(n2nc(C(C)(C)C)cc2NC(=O)c2ccncc2)N1. The molecule has 3 heterocycles. The van der Waals surface area contributed by atoms with E-state index in [9.17, 15) is 9.59 Å². The number of carbonyl (C=O) groups excluding carboxylic acids is 2. The Morgan fingerprint density at radius 3 is 2.62 bits per heavy atom. The molecule has 2 aromatic heterocycles. The molecule has 1 aliphatic heterocycles. The van der Waals surface area contributed by atoms with Gasteiger partial charge in [-0.15, -0.1) is 0 Å². The van der Waals surface area contributed by atoms with Crippen LogP contribution in [0.4, 0.5) is 5.82 Å². The molecule has 0 aliphatic carbocycles. The third-order valence-corrected chi connectivity index (χ3v) is 4.16. The van der Waals surface area contributed by atoms with Crippen LogP contribution >= 0.6 is 0 Å². The maximum absolute atomic E-state index is 12.5. The molecule has 0 saturated carbocycles. The summed E-state index contributed by atoms with van der Waals surface area (Å²) in [6.07, 6.45) is 3.02. The summed E-state index contributed by atoms with van der Waals surface area (Å²) in [5, 5.41) is 13.7. The average molecular weight is 356 g/mol. The van der Waals surface area contributed by atoms with Gasteiger partial charge >= 0.3 is 0 Å². The fourth-order valence-corrected chi connectivity index (χ4v) is 2.73. The number of pyridine rings is 1. The zero-order valence-corrected chi connectivity index (χ0v) is 15.4. The van der Waals surface area contributed by atoms with Gasteiger partial charge in [0.25, 0.3) is 5.91 Å². The van der Waals surface area contributed by atoms with Crippen LogP contribution in [0.2, 0.25) is 0 Å². The van der Waals surface area contributed by atoms with E-state index in [1.54, 1.807) is 29.2 Å². The van der Waals surface area contributed by atoms with Gasteiger partial charge in [0.2, 0.25) is 5.91 Å². The van der Waals surface area contributed by atoms with Crippen molar-refractivity contribution in [2.24, 2.45) is 0 Å². The Balaban J connectivity index is 1.93. The fraction of sp³-hybridized carbons (Fsp3) is 0.444. The minimum Gasteiger partial charge on any atom is -0.322 e. The molecular weight excluding hydrogens is 332 g/mol. The summed E-state index contributed by atoms with van der Waals surface area (Å²) in [7, 11) is 0. The van der Waals surface area contributed by atoms with Crippen molar-refractivity contribution in [2.45, 2.75) is 51.9 Å². The van der Waals surface area contributed by atoms with E-state index in [1.165, 1.54) is 0 Å². The van der Waals surface area contributed by atoms with Crippen LogP contribution in [0.25, 0.3) is 0 Å². The largest absolute Gasteiger partial charge is 0.322 e. The van der Waals surface area contributed by atoms with E-state index in [0.29, 0.717) is 17.8 Å². The average Bonchev–Trinajstić information content (AvgIpc) is 2.99. The molecule has 1 aliphatic rings. The number of nitrogens with zero attached hydrogens (tertiary/aromatic N) is 3. The van der Waals surface area contributed by atoms with E-state index in [2.05, 4.69) is 26.0 Å². The molecule has 1 fully saturated rings. The van der Waals surface area contributed by atoms with Gasteiger partial charge in [-0.05, 0) is 19.1 Å². The molecule has 2 atom stereocenters. The molecule has 0 aromatic carbocycles. The van der Waals surface area contributed by atoms with Crippen LogP contribution in [0.5, 0.6) is 0 Å². The highest BCUT2D eigenvalue weighted by atomic mass is 16.2. The molecule has 0 spiro atoms. The Kier molecular flexibility index (Phi) is 4.78. The van der Waals surface area contributed by atoms with E-state index >= 15 is 0 Å². The van der Waals surface area contributed by atoms with Crippen LogP contribution in [0.1, 0.15) is 56.5 Å². The lowest BCUT2D eigenvalue weighted by atomic mass is 9.92. The van der Waals surface area contributed by atoms with Crippen molar-refractivity contribution >= 4 is 17.6 Å². The van der Waals surface area contributed by atoms with E-state index in [1.807, 2.05) is 33.8 Å². The quantitative estimate of drug-likeness (QED) is 0.778. The predicted molar refractivity (Wildman–Crippen MR) is 97.5 cm³/mol. The molecule has 2 amide bonds. The topological polar surface area (TPSA) is 101 Å². The summed E-state index contributed by atoms with van der Waals surface area (Å²) in [5.74, 6) is 0.202. The molecule has 0 radical (unpaired) electrons. The maximum Gasteiger partial charge on any atom is 0.256 e. The molecule has 26 heavy (non-hydrogen) atoms. The highest BCUT2D eigenvalue weighted by Crippen LogP contribution is 2.26. The van der Waals surface area contributed by atoms with Crippen LogP contribution in [-0.2, 0) is 10.2 Å². The Labute approximate surface area is 152 Å². The van der Waals surface area contributed by atoms with Crippen molar-refractivity contribution in [3.63, 3.8) is 0 Å². The van der Waals surface area contributed by atoms with Gasteiger partial charge in [0.05, 0.1) is 5.69 Å². The molecule has 3 N–H and O–H groups in total. The Morgan fingerprint density at radius 2 is 2.00 bits per heavy atom. The van der Waals surface area contributed by atoms with Gasteiger partial charge < -0.3 is 10.6 Å². The van der Waals surface area contributed by atoms with E-state index in [0.717, 1.165) is 5.69 Å². The smallest absolute Gasteiger partial charge is 0.256 e. The van der Waals surface area contributed by atoms with Crippen molar-refractivity contribution in [1.82, 2.24) is 25.4 Å². The minimum atomic E-state index is -0.518. The second-order valence-corrected chi connectivity index (χ2v) is 7.54. The molecule has 0 bridgehead atoms. The van der Waals surface area contributed by atoms with Crippen molar-refractivity contribution < 1.29 is 9.59 Å². The molecule has 2 unspecified atom stereocenters. The third kappa shape index (κ3) is 3.91. The van der Waals surface area contributed by atoms with Gasteiger partial charge in [-0.1, -0.05) is 20.8 Å². The zero-order chi connectivity index (χ0) is 18.9. The number of hydrogen-bond donors (Lipinski definition) is 3. The molecule has 2 aromatic rings. The Bertz CT molecular complexity index is 809. The normalized spacial score (nSPS) is 20.5. The van der Waals surface area contributed by atoms with E-state index < -0.39 is 6.29 Å². The first-order valence-corrected chi connectivity index (χ1v) is 8.61. The third-order valence-electron chi connectivity index (χ3n) is 4.16. The van der Waals surface area contributed by atoms with Gasteiger partial charge in [0, 0.05) is 41.9 Å². The first kappa shape index (κ1) is 18.1. The minimum absolute atomic E-state index is 0.0137. The molecule has 8 heteroatoms. The number of hydrogen-bond acceptors (Lipinski definition) is 5. The highest BCUT2D eigenvalue weighted by Gasteiger charge is 2.29. The summed E-state index contributed by atoms with van der Waals surface area (Å²) in [6.45, 7) is 8.08. The van der Waals surface area contributed by atoms with Gasteiger partial charge in [-0.3, -0.25) is 19.9 Å². The monoisotopic (exact) mass is 356 g/mol. The summed E-state index contributed by atoms with van der Waals surface area (Å²) >= 11 is 0. The Hall–Kier alpha value is -2.74. The van der Waals surface area contributed by atoms with Gasteiger partial charge in [-0.25, -0.2) is 4.68 Å². The van der Waals surface area contributed by atoms with Crippen molar-refractivity contribution in [1.29, 1.82) is 0 Å². The van der Waals surface area contributed by atoms with Crippen LogP contribution < -0.4 is 16.0 Å². The second kappa shape index (κ2) is 6.87. The number of amides is 2. The second-order valence-electron chi connectivity index (χ2n) is 7.54. The predicted octanol–water partition coefficient (Wildman–Crippen LogP) is 1.78. The molecule has 138 valence electrons. The molecule has 1 saturated heterocycles. The first-order chi connectivity index (χ1) is 12.2. The number of nitrogens with one attached hydrogen (secondary N) is 3. The van der Waals surface area contributed by atoms with Gasteiger partial charge in [0.15, 0.2) is 6.29 Å². The standard InChI is InChI=1S/C18H24N6O2/c1-11-9-15(25)22-17(20-11)24-14(10-13(23-24)18(2,3)4)21-16(26)12-5-7-19-8-6-12/h5-8,10-11,17,20H,9H2,1-4H3,(H,21,26)(H,22,25). The lowest BCUT2D eigenvalue weighted by Gasteiger charge is -2.30. The molecule has 8 nitrogen and oxygen atoms in total. The highest BCUT2D eigenvalue weighted by molar-refractivity contribution is 6.03. The number of rotatable bonds is 3. The lowest BCUT2D eigenvalue weighted by molar-refractivity contribution is -0.125. The summed E-state index contributed by atoms with van der Waals surface area (Å²) in [5.41, 5.74) is 1.11. The van der Waals surface area contributed by atoms with Gasteiger partial charge in [0.1, 0.15) is 5.82 Å². The summed E-state index contributed by atoms with van der Waals surface area (Å²) in [6, 6.07) is 5.14. The first-order valence-electron chi connectivity index (χ1n) is 8.61. The van der Waals surface area contributed by atoms with Crippen molar-refractivity contribution in [2.75, 3.05) is 5.32 Å². The summed E-state index contributed by atoms with van der Waals surface area (Å²) < 4.78 is 1.62.